The normalized spacial score (nSPS) is 10.6. The SMILES string of the molecule is CC(C)c1cccc(C(C)C)c1[N-]CCC[N-]c1c(C(C)C)cccc1C(C)C.[CH3-].[Ti+3].[W]. The average Bonchev–Trinajstić information content (AvgIpc) is 2.66. The maximum absolute atomic E-state index is 5.03. The van der Waals surface area contributed by atoms with Crippen LogP contribution in [0.4, 0.5) is 11.4 Å². The van der Waals surface area contributed by atoms with E-state index in [9.17, 15) is 0 Å². The van der Waals surface area contributed by atoms with Gasteiger partial charge in [-0.05, 0) is 23.7 Å². The molecule has 0 fully saturated rings. The van der Waals surface area contributed by atoms with Crippen LogP contribution in [-0.4, -0.2) is 13.1 Å². The molecule has 2 rings (SSSR count). The van der Waals surface area contributed by atoms with E-state index in [-0.39, 0.29) is 50.2 Å². The van der Waals surface area contributed by atoms with Crippen LogP contribution in [0.5, 0.6) is 0 Å². The molecule has 0 N–H and O–H groups in total. The maximum atomic E-state index is 5.03. The Morgan fingerprint density at radius 1 is 0.562 bits per heavy atom. The van der Waals surface area contributed by atoms with Crippen molar-refractivity contribution < 1.29 is 42.8 Å². The van der Waals surface area contributed by atoms with E-state index in [0.29, 0.717) is 23.7 Å². The van der Waals surface area contributed by atoms with Crippen LogP contribution >= 0.6 is 0 Å². The zero-order valence-corrected chi connectivity index (χ0v) is 26.2. The Morgan fingerprint density at radius 3 is 1.03 bits per heavy atom. The minimum atomic E-state index is 0. The van der Waals surface area contributed by atoms with E-state index in [4.69, 9.17) is 10.6 Å². The van der Waals surface area contributed by atoms with Gasteiger partial charge in [-0.2, -0.15) is 0 Å². The number of para-hydroxylation sites is 2. The van der Waals surface area contributed by atoms with Crippen molar-refractivity contribution in [3.05, 3.63) is 76.7 Å². The van der Waals surface area contributed by atoms with Gasteiger partial charge >= 0.3 is 21.7 Å². The summed E-state index contributed by atoms with van der Waals surface area (Å²) in [6.45, 7) is 19.7. The molecule has 0 saturated heterocycles. The summed E-state index contributed by atoms with van der Waals surface area (Å²) in [5.41, 5.74) is 7.87. The van der Waals surface area contributed by atoms with Gasteiger partial charge in [0.1, 0.15) is 0 Å². The van der Waals surface area contributed by atoms with Crippen LogP contribution in [0.1, 0.15) is 108 Å². The van der Waals surface area contributed by atoms with E-state index < -0.39 is 0 Å². The summed E-state index contributed by atoms with van der Waals surface area (Å²) >= 11 is 0. The Labute approximate surface area is 228 Å². The average molecular weight is 639 g/mol. The molecule has 0 aliphatic rings. The number of rotatable bonds is 10. The zero-order valence-electron chi connectivity index (χ0n) is 21.7. The fraction of sp³-hybridized carbons (Fsp3) is 0.536. The maximum Gasteiger partial charge on any atom is 3.00 e. The third-order valence-electron chi connectivity index (χ3n) is 5.54. The van der Waals surface area contributed by atoms with Crippen LogP contribution in [0.15, 0.2) is 36.4 Å². The molecule has 32 heavy (non-hydrogen) atoms. The van der Waals surface area contributed by atoms with Gasteiger partial charge in [-0.1, -0.05) is 120 Å². The molecule has 2 nitrogen and oxygen atoms in total. The van der Waals surface area contributed by atoms with Crippen LogP contribution in [-0.2, 0) is 42.8 Å². The van der Waals surface area contributed by atoms with Crippen LogP contribution in [0, 0.1) is 7.43 Å². The smallest absolute Gasteiger partial charge is 0.684 e. The molecule has 0 amide bonds. The van der Waals surface area contributed by atoms with Crippen molar-refractivity contribution in [1.82, 2.24) is 0 Å². The van der Waals surface area contributed by atoms with E-state index in [0.717, 1.165) is 19.5 Å². The first kappa shape index (κ1) is 33.6. The summed E-state index contributed by atoms with van der Waals surface area (Å²) in [5.74, 6) is 1.96. The minimum absolute atomic E-state index is 0. The van der Waals surface area contributed by atoms with Crippen molar-refractivity contribution >= 4 is 11.4 Å². The van der Waals surface area contributed by atoms with E-state index in [2.05, 4.69) is 91.8 Å². The Kier molecular flexibility index (Phi) is 16.9. The summed E-state index contributed by atoms with van der Waals surface area (Å²) in [4.78, 5) is 0. The molecule has 0 saturated carbocycles. The van der Waals surface area contributed by atoms with Gasteiger partial charge in [-0.3, -0.25) is 0 Å². The summed E-state index contributed by atoms with van der Waals surface area (Å²) in [6, 6.07) is 13.3. The molecular weight excluding hydrogens is 596 g/mol. The number of benzene rings is 2. The molecule has 175 valence electrons. The molecular formula is C28H43N2TiW. The van der Waals surface area contributed by atoms with E-state index in [1.807, 2.05) is 0 Å². The molecule has 2 aromatic carbocycles. The van der Waals surface area contributed by atoms with Gasteiger partial charge < -0.3 is 18.1 Å². The van der Waals surface area contributed by atoms with E-state index in [1.54, 1.807) is 0 Å². The topological polar surface area (TPSA) is 28.2 Å². The van der Waals surface area contributed by atoms with Gasteiger partial charge in [0.2, 0.25) is 0 Å². The first-order valence-corrected chi connectivity index (χ1v) is 11.3. The summed E-state index contributed by atoms with van der Waals surface area (Å²) in [7, 11) is 0. The molecule has 0 atom stereocenters. The van der Waals surface area contributed by atoms with E-state index >= 15 is 0 Å². The van der Waals surface area contributed by atoms with Crippen molar-refractivity contribution in [1.29, 1.82) is 0 Å². The van der Waals surface area contributed by atoms with Gasteiger partial charge in [0, 0.05) is 21.1 Å². The van der Waals surface area contributed by atoms with Crippen molar-refractivity contribution in [2.24, 2.45) is 0 Å². The molecule has 4 heteroatoms. The first-order chi connectivity index (χ1) is 13.7. The second kappa shape index (κ2) is 16.1. The van der Waals surface area contributed by atoms with Crippen LogP contribution in [0.2, 0.25) is 0 Å². The molecule has 0 spiro atoms. The molecule has 0 aliphatic carbocycles. The summed E-state index contributed by atoms with van der Waals surface area (Å²) < 4.78 is 0. The molecule has 1 radical (unpaired) electrons. The van der Waals surface area contributed by atoms with Gasteiger partial charge in [-0.15, -0.1) is 24.5 Å². The summed E-state index contributed by atoms with van der Waals surface area (Å²) in [6.07, 6.45) is 0.980. The first-order valence-electron chi connectivity index (χ1n) is 11.3. The van der Waals surface area contributed by atoms with Crippen molar-refractivity contribution in [3.63, 3.8) is 0 Å². The molecule has 0 heterocycles. The minimum Gasteiger partial charge on any atom is -0.684 e. The fourth-order valence-corrected chi connectivity index (χ4v) is 3.84. The van der Waals surface area contributed by atoms with Gasteiger partial charge in [-0.25, -0.2) is 0 Å². The molecule has 0 aliphatic heterocycles. The quantitative estimate of drug-likeness (QED) is 0.141. The van der Waals surface area contributed by atoms with E-state index in [1.165, 1.54) is 33.6 Å². The molecule has 0 bridgehead atoms. The third-order valence-corrected chi connectivity index (χ3v) is 5.54. The molecule has 2 aromatic rings. The van der Waals surface area contributed by atoms with Crippen molar-refractivity contribution in [3.8, 4) is 0 Å². The summed E-state index contributed by atoms with van der Waals surface area (Å²) in [5, 5.41) is 10.1. The monoisotopic (exact) mass is 639 g/mol. The van der Waals surface area contributed by atoms with Crippen LogP contribution < -0.4 is 0 Å². The number of nitrogens with zero attached hydrogens (tertiary/aromatic N) is 2. The van der Waals surface area contributed by atoms with Crippen LogP contribution in [0.3, 0.4) is 0 Å². The second-order valence-electron chi connectivity index (χ2n) is 9.31. The number of hydrogen-bond acceptors (Lipinski definition) is 0. The Hall–Kier alpha value is -0.557. The van der Waals surface area contributed by atoms with Crippen molar-refractivity contribution in [2.75, 3.05) is 13.1 Å². The molecule has 0 aromatic heterocycles. The molecule has 0 unspecified atom stereocenters. The Bertz CT molecular complexity index is 667. The second-order valence-corrected chi connectivity index (χ2v) is 9.31. The number of hydrogen-bond donors (Lipinski definition) is 0. The largest absolute Gasteiger partial charge is 3.00 e. The van der Waals surface area contributed by atoms with Gasteiger partial charge in [0.05, 0.1) is 0 Å². The van der Waals surface area contributed by atoms with Gasteiger partial charge in [0.15, 0.2) is 0 Å². The third kappa shape index (κ3) is 9.00. The zero-order chi connectivity index (χ0) is 21.6. The predicted molar refractivity (Wildman–Crippen MR) is 136 cm³/mol. The van der Waals surface area contributed by atoms with Gasteiger partial charge in [0.25, 0.3) is 0 Å². The standard InChI is InChI=1S/C27H40N2.CH3.Ti.W/c1-18(2)22-12-9-13-23(19(3)4)26(22)28-16-11-17-29-27-24(20(5)6)14-10-15-25(27)21(7)8;;;/h9-10,12-15,18-21H,11,16-17H2,1-8H3;1H3;;/q-2;-1;+3;. The van der Waals surface area contributed by atoms with Crippen molar-refractivity contribution in [2.45, 2.75) is 85.5 Å². The Morgan fingerprint density at radius 2 is 0.812 bits per heavy atom. The van der Waals surface area contributed by atoms with Crippen LogP contribution in [0.25, 0.3) is 10.6 Å². The fourth-order valence-electron chi connectivity index (χ4n) is 3.84. The predicted octanol–water partition coefficient (Wildman–Crippen LogP) is 9.73. The Balaban J connectivity index is 0.